The molecule has 0 aromatic heterocycles. The van der Waals surface area contributed by atoms with Crippen molar-refractivity contribution in [3.8, 4) is 0 Å². The first-order chi connectivity index (χ1) is 10.2. The Morgan fingerprint density at radius 1 is 0.905 bits per heavy atom. The van der Waals surface area contributed by atoms with Crippen molar-refractivity contribution >= 4 is 23.4 Å². The molecule has 2 aromatic carbocycles. The summed E-state index contributed by atoms with van der Waals surface area (Å²) < 4.78 is 0. The lowest BCUT2D eigenvalue weighted by atomic mass is 10.1. The highest BCUT2D eigenvalue weighted by Gasteiger charge is 2.51. The fourth-order valence-corrected chi connectivity index (χ4v) is 3.17. The molecule has 1 aliphatic heterocycles. The molecule has 1 saturated carbocycles. The maximum atomic E-state index is 12.4. The zero-order valence-corrected chi connectivity index (χ0v) is 11.9. The summed E-state index contributed by atoms with van der Waals surface area (Å²) in [5.41, 5.74) is 2.16. The smallest absolute Gasteiger partial charge is 0.261 e. The average Bonchev–Trinajstić information content (AvgIpc) is 3.23. The van der Waals surface area contributed by atoms with Crippen LogP contribution in [-0.4, -0.2) is 22.8 Å². The first kappa shape index (κ1) is 12.6. The Morgan fingerprint density at radius 3 is 2.05 bits per heavy atom. The van der Waals surface area contributed by atoms with Gasteiger partial charge in [0.05, 0.1) is 11.1 Å². The lowest BCUT2D eigenvalue weighted by Gasteiger charge is -2.13. The first-order valence-corrected chi connectivity index (χ1v) is 7.27. The van der Waals surface area contributed by atoms with Crippen molar-refractivity contribution in [1.82, 2.24) is 4.90 Å². The Labute approximate surface area is 127 Å². The molecule has 3 nitrogen and oxygen atoms in total. The number of fused-ring (bicyclic) bond motifs is 1. The van der Waals surface area contributed by atoms with Gasteiger partial charge < -0.3 is 0 Å². The van der Waals surface area contributed by atoms with Gasteiger partial charge in [-0.2, -0.15) is 0 Å². The van der Waals surface area contributed by atoms with E-state index in [-0.39, 0.29) is 23.8 Å². The second-order valence-corrected chi connectivity index (χ2v) is 5.92. The molecule has 104 valence electrons. The number of hydrogen-bond acceptors (Lipinski definition) is 2. The summed E-state index contributed by atoms with van der Waals surface area (Å²) in [6.07, 6.45) is 0.826. The number of benzene rings is 2. The van der Waals surface area contributed by atoms with Crippen LogP contribution in [0.5, 0.6) is 0 Å². The summed E-state index contributed by atoms with van der Waals surface area (Å²) in [5, 5.41) is 0.691. The number of amides is 2. The van der Waals surface area contributed by atoms with E-state index in [0.717, 1.165) is 12.0 Å². The molecular weight excluding hydrogens is 286 g/mol. The molecule has 1 fully saturated rings. The minimum absolute atomic E-state index is 0.0291. The Balaban J connectivity index is 1.61. The third-order valence-corrected chi connectivity index (χ3v) is 4.46. The van der Waals surface area contributed by atoms with E-state index in [4.69, 9.17) is 11.6 Å². The Kier molecular flexibility index (Phi) is 2.66. The molecule has 1 unspecified atom stereocenters. The molecule has 4 heteroatoms. The van der Waals surface area contributed by atoms with Gasteiger partial charge in [0, 0.05) is 17.0 Å². The lowest BCUT2D eigenvalue weighted by Crippen LogP contribution is -2.32. The topological polar surface area (TPSA) is 37.4 Å². The predicted molar refractivity (Wildman–Crippen MR) is 79.5 cm³/mol. The highest BCUT2D eigenvalue weighted by atomic mass is 35.5. The van der Waals surface area contributed by atoms with Crippen molar-refractivity contribution < 1.29 is 9.59 Å². The van der Waals surface area contributed by atoms with Crippen molar-refractivity contribution in [2.24, 2.45) is 0 Å². The molecular formula is C17H12ClNO2. The average molecular weight is 298 g/mol. The number of carbonyl (C=O) groups excluding carboxylic acids is 2. The van der Waals surface area contributed by atoms with Crippen molar-refractivity contribution in [2.75, 3.05) is 0 Å². The molecule has 2 amide bonds. The van der Waals surface area contributed by atoms with Crippen LogP contribution in [0.4, 0.5) is 0 Å². The standard InChI is InChI=1S/C17H12ClNO2/c18-11-7-5-10(6-8-11)14-9-15(14)19-16(20)12-3-1-2-4-13(12)17(19)21/h1-8,14-15H,9H2/t14?,15-/m1/s1. The van der Waals surface area contributed by atoms with Crippen molar-refractivity contribution in [1.29, 1.82) is 0 Å². The Hall–Kier alpha value is -2.13. The first-order valence-electron chi connectivity index (χ1n) is 6.89. The molecule has 0 bridgehead atoms. The van der Waals surface area contributed by atoms with E-state index in [0.29, 0.717) is 16.1 Å². The zero-order chi connectivity index (χ0) is 14.6. The van der Waals surface area contributed by atoms with Crippen LogP contribution in [0.25, 0.3) is 0 Å². The van der Waals surface area contributed by atoms with Gasteiger partial charge >= 0.3 is 0 Å². The van der Waals surface area contributed by atoms with Crippen molar-refractivity contribution in [3.63, 3.8) is 0 Å². The van der Waals surface area contributed by atoms with Gasteiger partial charge in [-0.15, -0.1) is 0 Å². The zero-order valence-electron chi connectivity index (χ0n) is 11.1. The summed E-state index contributed by atoms with van der Waals surface area (Å²) in [4.78, 5) is 26.2. The van der Waals surface area contributed by atoms with Crippen molar-refractivity contribution in [3.05, 3.63) is 70.2 Å². The number of carbonyl (C=O) groups is 2. The molecule has 0 N–H and O–H groups in total. The van der Waals surface area contributed by atoms with Crippen LogP contribution < -0.4 is 0 Å². The third kappa shape index (κ3) is 1.88. The molecule has 21 heavy (non-hydrogen) atoms. The van der Waals surface area contributed by atoms with Gasteiger partial charge in [0.1, 0.15) is 0 Å². The van der Waals surface area contributed by atoms with E-state index in [1.165, 1.54) is 4.90 Å². The minimum atomic E-state index is -0.169. The maximum absolute atomic E-state index is 12.4. The molecule has 0 spiro atoms. The fourth-order valence-electron chi connectivity index (χ4n) is 3.04. The molecule has 4 rings (SSSR count). The van der Waals surface area contributed by atoms with E-state index < -0.39 is 0 Å². The fraction of sp³-hybridized carbons (Fsp3) is 0.176. The van der Waals surface area contributed by atoms with E-state index in [1.807, 2.05) is 24.3 Å². The molecule has 1 aliphatic carbocycles. The van der Waals surface area contributed by atoms with E-state index in [9.17, 15) is 9.59 Å². The molecule has 1 heterocycles. The molecule has 0 saturated heterocycles. The maximum Gasteiger partial charge on any atom is 0.261 e. The van der Waals surface area contributed by atoms with Gasteiger partial charge in [0.2, 0.25) is 0 Å². The van der Waals surface area contributed by atoms with Gasteiger partial charge in [0.25, 0.3) is 11.8 Å². The summed E-state index contributed by atoms with van der Waals surface area (Å²) in [6, 6.07) is 14.6. The largest absolute Gasteiger partial charge is 0.271 e. The normalized spacial score (nSPS) is 23.4. The monoisotopic (exact) mass is 297 g/mol. The quantitative estimate of drug-likeness (QED) is 0.796. The van der Waals surface area contributed by atoms with Crippen LogP contribution in [-0.2, 0) is 0 Å². The number of rotatable bonds is 2. The third-order valence-electron chi connectivity index (χ3n) is 4.21. The van der Waals surface area contributed by atoms with Crippen LogP contribution in [0.1, 0.15) is 38.6 Å². The number of hydrogen-bond donors (Lipinski definition) is 0. The summed E-state index contributed by atoms with van der Waals surface area (Å²) in [7, 11) is 0. The van der Waals surface area contributed by atoms with Crippen LogP contribution in [0.2, 0.25) is 5.02 Å². The van der Waals surface area contributed by atoms with Gasteiger partial charge in [-0.25, -0.2) is 0 Å². The van der Waals surface area contributed by atoms with Crippen LogP contribution in [0.15, 0.2) is 48.5 Å². The van der Waals surface area contributed by atoms with Crippen molar-refractivity contribution in [2.45, 2.75) is 18.4 Å². The van der Waals surface area contributed by atoms with E-state index >= 15 is 0 Å². The van der Waals surface area contributed by atoms with E-state index in [1.54, 1.807) is 24.3 Å². The second-order valence-electron chi connectivity index (χ2n) is 5.49. The van der Waals surface area contributed by atoms with Gasteiger partial charge in [-0.3, -0.25) is 14.5 Å². The minimum Gasteiger partial charge on any atom is -0.271 e. The highest BCUT2D eigenvalue weighted by molar-refractivity contribution is 6.30. The number of halogens is 1. The van der Waals surface area contributed by atoms with Gasteiger partial charge in [0.15, 0.2) is 0 Å². The molecule has 2 aliphatic rings. The van der Waals surface area contributed by atoms with Gasteiger partial charge in [-0.1, -0.05) is 35.9 Å². The number of nitrogens with zero attached hydrogens (tertiary/aromatic N) is 1. The summed E-state index contributed by atoms with van der Waals surface area (Å²) >= 11 is 5.89. The molecule has 2 atom stereocenters. The predicted octanol–water partition coefficient (Wildman–Crippen LogP) is 3.49. The lowest BCUT2D eigenvalue weighted by molar-refractivity contribution is 0.0639. The Bertz CT molecular complexity index is 719. The SMILES string of the molecule is O=C1c2ccccc2C(=O)N1[C@@H]1CC1c1ccc(Cl)cc1. The van der Waals surface area contributed by atoms with Crippen LogP contribution in [0.3, 0.4) is 0 Å². The Morgan fingerprint density at radius 2 is 1.48 bits per heavy atom. The van der Waals surface area contributed by atoms with Gasteiger partial charge in [-0.05, 0) is 36.2 Å². The summed E-state index contributed by atoms with van der Waals surface area (Å²) in [5.74, 6) is -0.112. The van der Waals surface area contributed by atoms with Crippen LogP contribution in [0, 0.1) is 0 Å². The molecule has 2 aromatic rings. The summed E-state index contributed by atoms with van der Waals surface area (Å²) in [6.45, 7) is 0. The highest BCUT2D eigenvalue weighted by Crippen LogP contribution is 2.47. The van der Waals surface area contributed by atoms with E-state index in [2.05, 4.69) is 0 Å². The number of imide groups is 1. The molecule has 0 radical (unpaired) electrons. The van der Waals surface area contributed by atoms with Crippen LogP contribution >= 0.6 is 11.6 Å². The second kappa shape index (κ2) is 4.43.